The van der Waals surface area contributed by atoms with Gasteiger partial charge in [0.15, 0.2) is 17.1 Å². The van der Waals surface area contributed by atoms with E-state index >= 15 is 0 Å². The van der Waals surface area contributed by atoms with Crippen LogP contribution in [0.15, 0.2) is 24.4 Å². The molecule has 2 aromatic heterocycles. The Balaban J connectivity index is 1.74. The van der Waals surface area contributed by atoms with Crippen LogP contribution in [0.5, 0.6) is 11.5 Å². The van der Waals surface area contributed by atoms with Crippen LogP contribution >= 0.6 is 0 Å². The first kappa shape index (κ1) is 22.1. The molecule has 0 bridgehead atoms. The van der Waals surface area contributed by atoms with Crippen LogP contribution in [0.3, 0.4) is 0 Å². The maximum atomic E-state index is 13.2. The van der Waals surface area contributed by atoms with Crippen LogP contribution in [0, 0.1) is 19.8 Å². The van der Waals surface area contributed by atoms with E-state index in [2.05, 4.69) is 11.9 Å². The lowest BCUT2D eigenvalue weighted by Crippen LogP contribution is -2.38. The molecule has 1 amide bonds. The first-order valence-corrected chi connectivity index (χ1v) is 11.5. The van der Waals surface area contributed by atoms with Gasteiger partial charge in [0.05, 0.1) is 30.2 Å². The molecule has 0 radical (unpaired) electrons. The van der Waals surface area contributed by atoms with Crippen molar-refractivity contribution in [2.24, 2.45) is 5.92 Å². The summed E-state index contributed by atoms with van der Waals surface area (Å²) in [5, 5.41) is 4.74. The molecular formula is C25H32N4O3. The lowest BCUT2D eigenvalue weighted by Gasteiger charge is -2.30. The second-order valence-electron chi connectivity index (χ2n) is 8.46. The number of aryl methyl sites for hydroxylation is 2. The highest BCUT2D eigenvalue weighted by molar-refractivity contribution is 5.95. The van der Waals surface area contributed by atoms with E-state index in [-0.39, 0.29) is 5.91 Å². The van der Waals surface area contributed by atoms with E-state index in [4.69, 9.17) is 14.6 Å². The molecule has 7 heteroatoms. The highest BCUT2D eigenvalue weighted by atomic mass is 16.5. The van der Waals surface area contributed by atoms with Crippen LogP contribution < -0.4 is 9.47 Å². The zero-order valence-electron chi connectivity index (χ0n) is 19.6. The fourth-order valence-electron chi connectivity index (χ4n) is 4.34. The number of carbonyl (C=O) groups excluding carboxylic acids is 1. The molecule has 4 rings (SSSR count). The standard InChI is InChI=1S/C25H32N4O3/c1-6-31-21-9-8-19(14-22(21)32-7-2)23-17(4)27-29-18(5)20(15-26-24(23)29)25(30)28-12-10-16(3)11-13-28/h8-9,14-16H,6-7,10-13H2,1-5H3. The molecule has 3 heterocycles. The van der Waals surface area contributed by atoms with Gasteiger partial charge in [-0.25, -0.2) is 9.50 Å². The molecule has 0 unspecified atom stereocenters. The number of fused-ring (bicyclic) bond motifs is 1. The normalized spacial score (nSPS) is 14.7. The predicted octanol–water partition coefficient (Wildman–Crippen LogP) is 4.68. The highest BCUT2D eigenvalue weighted by Gasteiger charge is 2.25. The molecule has 3 aromatic rings. The molecule has 32 heavy (non-hydrogen) atoms. The van der Waals surface area contributed by atoms with Crippen molar-refractivity contribution in [2.45, 2.75) is 47.5 Å². The number of hydrogen-bond donors (Lipinski definition) is 0. The van der Waals surface area contributed by atoms with Crippen molar-refractivity contribution in [2.75, 3.05) is 26.3 Å². The van der Waals surface area contributed by atoms with Crippen LogP contribution in [0.1, 0.15) is 55.4 Å². The second-order valence-corrected chi connectivity index (χ2v) is 8.46. The van der Waals surface area contributed by atoms with Crippen LogP contribution in [0.2, 0.25) is 0 Å². The summed E-state index contributed by atoms with van der Waals surface area (Å²) in [6.45, 7) is 12.8. The summed E-state index contributed by atoms with van der Waals surface area (Å²) >= 11 is 0. The van der Waals surface area contributed by atoms with Crippen molar-refractivity contribution < 1.29 is 14.3 Å². The molecular weight excluding hydrogens is 404 g/mol. The van der Waals surface area contributed by atoms with E-state index in [1.807, 2.05) is 50.8 Å². The fourth-order valence-corrected chi connectivity index (χ4v) is 4.34. The lowest BCUT2D eigenvalue weighted by atomic mass is 9.98. The number of hydrogen-bond acceptors (Lipinski definition) is 5. The maximum Gasteiger partial charge on any atom is 0.257 e. The summed E-state index contributed by atoms with van der Waals surface area (Å²) in [6, 6.07) is 5.90. The maximum absolute atomic E-state index is 13.2. The number of rotatable bonds is 6. The van der Waals surface area contributed by atoms with E-state index in [9.17, 15) is 4.79 Å². The molecule has 1 aliphatic rings. The van der Waals surface area contributed by atoms with Crippen molar-refractivity contribution in [3.05, 3.63) is 41.3 Å². The van der Waals surface area contributed by atoms with E-state index < -0.39 is 0 Å². The Hall–Kier alpha value is -3.09. The van der Waals surface area contributed by atoms with Gasteiger partial charge < -0.3 is 14.4 Å². The number of benzene rings is 1. The molecule has 170 valence electrons. The minimum atomic E-state index is 0.0400. The molecule has 1 aromatic carbocycles. The molecule has 0 saturated carbocycles. The molecule has 1 fully saturated rings. The Kier molecular flexibility index (Phi) is 6.35. The van der Waals surface area contributed by atoms with E-state index in [0.29, 0.717) is 30.4 Å². The van der Waals surface area contributed by atoms with Crippen LogP contribution in [-0.2, 0) is 0 Å². The largest absolute Gasteiger partial charge is 0.490 e. The summed E-state index contributed by atoms with van der Waals surface area (Å²) < 4.78 is 13.3. The van der Waals surface area contributed by atoms with Gasteiger partial charge in [-0.05, 0) is 64.2 Å². The molecule has 0 aliphatic carbocycles. The monoisotopic (exact) mass is 436 g/mol. The molecule has 7 nitrogen and oxygen atoms in total. The Morgan fingerprint density at radius 3 is 2.47 bits per heavy atom. The van der Waals surface area contributed by atoms with Crippen LogP contribution in [0.4, 0.5) is 0 Å². The van der Waals surface area contributed by atoms with Crippen molar-refractivity contribution in [1.82, 2.24) is 19.5 Å². The van der Waals surface area contributed by atoms with Gasteiger partial charge in [-0.2, -0.15) is 5.10 Å². The van der Waals surface area contributed by atoms with Gasteiger partial charge in [-0.3, -0.25) is 4.79 Å². The number of likely N-dealkylation sites (tertiary alicyclic amines) is 1. The van der Waals surface area contributed by atoms with Gasteiger partial charge >= 0.3 is 0 Å². The van der Waals surface area contributed by atoms with E-state index in [1.54, 1.807) is 10.7 Å². The van der Waals surface area contributed by atoms with Gasteiger partial charge in [0.2, 0.25) is 0 Å². The Labute approximate surface area is 189 Å². The number of ether oxygens (including phenoxy) is 2. The SMILES string of the molecule is CCOc1ccc(-c2c(C)nn3c(C)c(C(=O)N4CCC(C)CC4)cnc23)cc1OCC. The minimum absolute atomic E-state index is 0.0400. The van der Waals surface area contributed by atoms with Crippen molar-refractivity contribution in [3.63, 3.8) is 0 Å². The molecule has 1 aliphatic heterocycles. The van der Waals surface area contributed by atoms with Crippen molar-refractivity contribution in [3.8, 4) is 22.6 Å². The number of aromatic nitrogens is 3. The third-order valence-corrected chi connectivity index (χ3v) is 6.19. The molecule has 0 spiro atoms. The second kappa shape index (κ2) is 9.18. The fraction of sp³-hybridized carbons (Fsp3) is 0.480. The average Bonchev–Trinajstić information content (AvgIpc) is 3.12. The topological polar surface area (TPSA) is 69.0 Å². The summed E-state index contributed by atoms with van der Waals surface area (Å²) in [5.74, 6) is 2.14. The van der Waals surface area contributed by atoms with E-state index in [0.717, 1.165) is 59.8 Å². The minimum Gasteiger partial charge on any atom is -0.490 e. The smallest absolute Gasteiger partial charge is 0.257 e. The Bertz CT molecular complexity index is 1130. The average molecular weight is 437 g/mol. The quantitative estimate of drug-likeness (QED) is 0.561. The molecule has 0 N–H and O–H groups in total. The number of carbonyl (C=O) groups is 1. The summed E-state index contributed by atoms with van der Waals surface area (Å²) in [6.07, 6.45) is 3.80. The van der Waals surface area contributed by atoms with Gasteiger partial charge in [-0.1, -0.05) is 13.0 Å². The predicted molar refractivity (Wildman–Crippen MR) is 125 cm³/mol. The zero-order valence-corrected chi connectivity index (χ0v) is 19.6. The third-order valence-electron chi connectivity index (χ3n) is 6.19. The zero-order chi connectivity index (χ0) is 22.8. The lowest BCUT2D eigenvalue weighted by molar-refractivity contribution is 0.0695. The van der Waals surface area contributed by atoms with Gasteiger partial charge in [0, 0.05) is 24.8 Å². The van der Waals surface area contributed by atoms with Gasteiger partial charge in [0.1, 0.15) is 0 Å². The van der Waals surface area contributed by atoms with E-state index in [1.165, 1.54) is 0 Å². The van der Waals surface area contributed by atoms with Gasteiger partial charge in [0.25, 0.3) is 5.91 Å². The Morgan fingerprint density at radius 2 is 1.78 bits per heavy atom. The van der Waals surface area contributed by atoms with Crippen LogP contribution in [-0.4, -0.2) is 51.7 Å². The van der Waals surface area contributed by atoms with Crippen molar-refractivity contribution in [1.29, 1.82) is 0 Å². The van der Waals surface area contributed by atoms with Gasteiger partial charge in [-0.15, -0.1) is 0 Å². The third kappa shape index (κ3) is 4.04. The van der Waals surface area contributed by atoms with Crippen LogP contribution in [0.25, 0.3) is 16.8 Å². The number of nitrogens with zero attached hydrogens (tertiary/aromatic N) is 4. The summed E-state index contributed by atoms with van der Waals surface area (Å²) in [5.41, 5.74) is 4.90. The number of piperidine rings is 1. The summed E-state index contributed by atoms with van der Waals surface area (Å²) in [7, 11) is 0. The number of amides is 1. The Morgan fingerprint density at radius 1 is 1.09 bits per heavy atom. The summed E-state index contributed by atoms with van der Waals surface area (Å²) in [4.78, 5) is 19.8. The first-order chi connectivity index (χ1) is 15.4. The molecule has 1 saturated heterocycles. The first-order valence-electron chi connectivity index (χ1n) is 11.5. The van der Waals surface area contributed by atoms with Crippen molar-refractivity contribution >= 4 is 11.6 Å². The highest BCUT2D eigenvalue weighted by Crippen LogP contribution is 2.36. The molecule has 0 atom stereocenters.